The quantitative estimate of drug-likeness (QED) is 0.563. The van der Waals surface area contributed by atoms with E-state index in [-0.39, 0.29) is 18.5 Å². The van der Waals surface area contributed by atoms with Gasteiger partial charge in [0.25, 0.3) is 5.89 Å². The predicted octanol–water partition coefficient (Wildman–Crippen LogP) is 2.75. The molecular formula is C21H29N7O3. The summed E-state index contributed by atoms with van der Waals surface area (Å²) in [5.74, 6) is 1.05. The van der Waals surface area contributed by atoms with Crippen LogP contribution in [0.3, 0.4) is 0 Å². The van der Waals surface area contributed by atoms with Crippen LogP contribution in [0.15, 0.2) is 16.9 Å². The summed E-state index contributed by atoms with van der Waals surface area (Å²) in [7, 11) is 0. The summed E-state index contributed by atoms with van der Waals surface area (Å²) in [6.45, 7) is 8.46. The molecule has 1 fully saturated rings. The van der Waals surface area contributed by atoms with Crippen molar-refractivity contribution in [3.8, 4) is 11.5 Å². The molecule has 4 heterocycles. The lowest BCUT2D eigenvalue weighted by atomic mass is 10.1. The van der Waals surface area contributed by atoms with Crippen LogP contribution in [0.1, 0.15) is 45.9 Å². The van der Waals surface area contributed by atoms with Gasteiger partial charge in [0.15, 0.2) is 11.5 Å². The fourth-order valence-corrected chi connectivity index (χ4v) is 3.68. The number of fused-ring (bicyclic) bond motifs is 1. The van der Waals surface area contributed by atoms with E-state index in [1.165, 1.54) is 0 Å². The maximum Gasteiger partial charge on any atom is 0.261 e. The lowest BCUT2D eigenvalue weighted by molar-refractivity contribution is -0.122. The molecule has 31 heavy (non-hydrogen) atoms. The number of hydrogen-bond donors (Lipinski definition) is 2. The van der Waals surface area contributed by atoms with Crippen LogP contribution in [0.25, 0.3) is 22.5 Å². The molecule has 0 saturated carbocycles. The van der Waals surface area contributed by atoms with Crippen molar-refractivity contribution in [2.75, 3.05) is 18.5 Å². The Balaban J connectivity index is 1.61. The Hall–Kier alpha value is -3.01. The molecule has 4 rings (SSSR count). The topological polar surface area (TPSA) is 120 Å². The number of ether oxygens (including phenoxy) is 1. The normalized spacial score (nSPS) is 15.0. The molecule has 0 aromatic carbocycles. The van der Waals surface area contributed by atoms with Gasteiger partial charge in [0.1, 0.15) is 0 Å². The van der Waals surface area contributed by atoms with Crippen LogP contribution in [-0.4, -0.2) is 50.1 Å². The summed E-state index contributed by atoms with van der Waals surface area (Å²) in [5.41, 5.74) is 2.42. The Kier molecular flexibility index (Phi) is 6.45. The summed E-state index contributed by atoms with van der Waals surface area (Å²) in [6.07, 6.45) is 5.86. The molecule has 0 aliphatic carbocycles. The second-order valence-electron chi connectivity index (χ2n) is 8.17. The molecule has 0 radical (unpaired) electrons. The van der Waals surface area contributed by atoms with E-state index in [4.69, 9.17) is 9.26 Å². The predicted molar refractivity (Wildman–Crippen MR) is 115 cm³/mol. The number of aromatic nitrogens is 5. The number of anilines is 1. The molecule has 10 nitrogen and oxygen atoms in total. The van der Waals surface area contributed by atoms with Crippen molar-refractivity contribution in [1.82, 2.24) is 30.2 Å². The zero-order chi connectivity index (χ0) is 21.8. The summed E-state index contributed by atoms with van der Waals surface area (Å²) >= 11 is 0. The number of hydrogen-bond acceptors (Lipinski definition) is 8. The van der Waals surface area contributed by atoms with Crippen molar-refractivity contribution in [2.24, 2.45) is 5.92 Å². The first kappa shape index (κ1) is 21.2. The average Bonchev–Trinajstić information content (AvgIpc) is 3.40. The minimum absolute atomic E-state index is 0.0294. The van der Waals surface area contributed by atoms with Crippen molar-refractivity contribution >= 4 is 22.6 Å². The van der Waals surface area contributed by atoms with Gasteiger partial charge in [-0.05, 0) is 25.7 Å². The average molecular weight is 428 g/mol. The fourth-order valence-electron chi connectivity index (χ4n) is 3.68. The number of pyridine rings is 1. The largest absolute Gasteiger partial charge is 0.381 e. The minimum Gasteiger partial charge on any atom is -0.381 e. The Labute approximate surface area is 180 Å². The molecule has 2 N–H and O–H groups in total. The zero-order valence-corrected chi connectivity index (χ0v) is 18.2. The molecule has 166 valence electrons. The van der Waals surface area contributed by atoms with Gasteiger partial charge in [0.2, 0.25) is 5.91 Å². The van der Waals surface area contributed by atoms with Crippen molar-refractivity contribution < 1.29 is 14.1 Å². The van der Waals surface area contributed by atoms with Crippen LogP contribution in [0.5, 0.6) is 0 Å². The molecule has 3 aromatic rings. The first-order valence-corrected chi connectivity index (χ1v) is 10.8. The number of aryl methyl sites for hydroxylation is 1. The van der Waals surface area contributed by atoms with Crippen molar-refractivity contribution in [1.29, 1.82) is 0 Å². The van der Waals surface area contributed by atoms with E-state index in [9.17, 15) is 4.79 Å². The lowest BCUT2D eigenvalue weighted by Crippen LogP contribution is -2.28. The van der Waals surface area contributed by atoms with E-state index < -0.39 is 0 Å². The van der Waals surface area contributed by atoms with Gasteiger partial charge in [-0.3, -0.25) is 4.79 Å². The van der Waals surface area contributed by atoms with Crippen molar-refractivity contribution in [2.45, 2.75) is 59.2 Å². The van der Waals surface area contributed by atoms with Crippen molar-refractivity contribution in [3.63, 3.8) is 0 Å². The fraction of sp³-hybridized carbons (Fsp3) is 0.571. The Bertz CT molecular complexity index is 1040. The summed E-state index contributed by atoms with van der Waals surface area (Å²) in [5, 5.41) is 15.9. The molecule has 1 amide bonds. The molecule has 1 saturated heterocycles. The van der Waals surface area contributed by atoms with Gasteiger partial charge in [0.05, 0.1) is 29.4 Å². The highest BCUT2D eigenvalue weighted by Gasteiger charge is 2.22. The second-order valence-corrected chi connectivity index (χ2v) is 8.17. The molecule has 0 unspecified atom stereocenters. The van der Waals surface area contributed by atoms with Gasteiger partial charge < -0.3 is 19.9 Å². The molecular weight excluding hydrogens is 398 g/mol. The smallest absolute Gasteiger partial charge is 0.261 e. The molecule has 10 heteroatoms. The van der Waals surface area contributed by atoms with Crippen LogP contribution in [0.2, 0.25) is 0 Å². The molecule has 1 aliphatic heterocycles. The third-order valence-electron chi connectivity index (χ3n) is 5.27. The molecule has 0 bridgehead atoms. The van der Waals surface area contributed by atoms with Crippen LogP contribution < -0.4 is 10.6 Å². The van der Waals surface area contributed by atoms with Crippen LogP contribution >= 0.6 is 0 Å². The highest BCUT2D eigenvalue weighted by atomic mass is 16.5. The summed E-state index contributed by atoms with van der Waals surface area (Å²) in [4.78, 5) is 21.0. The first-order valence-electron chi connectivity index (χ1n) is 10.8. The van der Waals surface area contributed by atoms with E-state index in [0.29, 0.717) is 24.1 Å². The van der Waals surface area contributed by atoms with Gasteiger partial charge >= 0.3 is 0 Å². The standard InChI is InChI=1S/C21H29N7O3/c1-4-28-20-15(11-24-28)19(25-14-5-7-30-8-6-14)16(10-23-20)21-26-17(27-31-21)12-22-18(29)9-13(2)3/h10-11,13-14H,4-9,12H2,1-3H3,(H,22,29)(H,23,25). The molecule has 0 spiro atoms. The maximum atomic E-state index is 11.9. The Morgan fingerprint density at radius 3 is 2.84 bits per heavy atom. The lowest BCUT2D eigenvalue weighted by Gasteiger charge is -2.25. The summed E-state index contributed by atoms with van der Waals surface area (Å²) < 4.78 is 12.9. The van der Waals surface area contributed by atoms with Gasteiger partial charge in [-0.15, -0.1) is 0 Å². The highest BCUT2D eigenvalue weighted by Crippen LogP contribution is 2.34. The molecule has 3 aromatic heterocycles. The van der Waals surface area contributed by atoms with E-state index in [2.05, 4.69) is 30.9 Å². The SMILES string of the molecule is CCn1ncc2c(NC3CCOCC3)c(-c3nc(CNC(=O)CC(C)C)no3)cnc21. The van der Waals surface area contributed by atoms with E-state index in [1.807, 2.05) is 31.6 Å². The van der Waals surface area contributed by atoms with E-state index >= 15 is 0 Å². The van der Waals surface area contributed by atoms with Crippen LogP contribution in [0.4, 0.5) is 5.69 Å². The first-order chi connectivity index (χ1) is 15.0. The van der Waals surface area contributed by atoms with Gasteiger partial charge in [0, 0.05) is 38.4 Å². The number of amides is 1. The van der Waals surface area contributed by atoms with Gasteiger partial charge in [-0.1, -0.05) is 19.0 Å². The Morgan fingerprint density at radius 2 is 2.10 bits per heavy atom. The highest BCUT2D eigenvalue weighted by molar-refractivity contribution is 5.96. The van der Waals surface area contributed by atoms with Gasteiger partial charge in [-0.25, -0.2) is 9.67 Å². The second kappa shape index (κ2) is 9.42. The minimum atomic E-state index is -0.0294. The molecule has 0 atom stereocenters. The van der Waals surface area contributed by atoms with Crippen LogP contribution in [-0.2, 0) is 22.6 Å². The Morgan fingerprint density at radius 1 is 1.29 bits per heavy atom. The number of nitrogens with zero attached hydrogens (tertiary/aromatic N) is 5. The number of nitrogens with one attached hydrogen (secondary N) is 2. The third-order valence-corrected chi connectivity index (χ3v) is 5.27. The van der Waals surface area contributed by atoms with Gasteiger partial charge in [-0.2, -0.15) is 10.1 Å². The number of rotatable bonds is 8. The molecule has 1 aliphatic rings. The third kappa shape index (κ3) is 4.84. The number of carbonyl (C=O) groups excluding carboxylic acids is 1. The maximum absolute atomic E-state index is 11.9. The zero-order valence-electron chi connectivity index (χ0n) is 18.2. The van der Waals surface area contributed by atoms with Crippen LogP contribution in [0, 0.1) is 5.92 Å². The monoisotopic (exact) mass is 427 g/mol. The van der Waals surface area contributed by atoms with E-state index in [1.54, 1.807) is 6.20 Å². The van der Waals surface area contributed by atoms with E-state index in [0.717, 1.165) is 54.9 Å². The summed E-state index contributed by atoms with van der Waals surface area (Å²) in [6, 6.07) is 0.279. The van der Waals surface area contributed by atoms with Crippen molar-refractivity contribution in [3.05, 3.63) is 18.2 Å². The number of carbonyl (C=O) groups is 1.